The van der Waals surface area contributed by atoms with Gasteiger partial charge in [-0.1, -0.05) is 13.3 Å². The van der Waals surface area contributed by atoms with E-state index in [1.54, 1.807) is 0 Å². The number of carbonyl (C=O) groups is 1. The Kier molecular flexibility index (Phi) is 4.66. The van der Waals surface area contributed by atoms with Gasteiger partial charge in [-0.05, 0) is 31.2 Å². The van der Waals surface area contributed by atoms with Gasteiger partial charge in [0.2, 0.25) is 5.95 Å². The van der Waals surface area contributed by atoms with E-state index in [1.807, 2.05) is 11.1 Å². The number of unbranched alkanes of at least 4 members (excludes halogenated alkanes) is 1. The van der Waals surface area contributed by atoms with Crippen molar-refractivity contribution in [2.45, 2.75) is 44.6 Å². The summed E-state index contributed by atoms with van der Waals surface area (Å²) in [7, 11) is 0. The van der Waals surface area contributed by atoms with Crippen LogP contribution in [0.25, 0.3) is 0 Å². The number of urea groups is 1. The van der Waals surface area contributed by atoms with E-state index in [9.17, 15) is 4.79 Å². The van der Waals surface area contributed by atoms with Crippen LogP contribution in [0.15, 0.2) is 6.20 Å². The number of fused-ring (bicyclic) bond motifs is 2. The predicted molar refractivity (Wildman–Crippen MR) is 86.9 cm³/mol. The van der Waals surface area contributed by atoms with Crippen LogP contribution in [-0.2, 0) is 16.8 Å². The number of aromatic nitrogens is 2. The topological polar surface area (TPSA) is 93.4 Å². The highest BCUT2D eigenvalue weighted by molar-refractivity contribution is 5.74. The molecule has 0 aromatic carbocycles. The zero-order valence-corrected chi connectivity index (χ0v) is 13.7. The Bertz CT molecular complexity index is 570. The Balaban J connectivity index is 1.67. The number of hydrogen-bond acceptors (Lipinski definition) is 5. The number of anilines is 1. The van der Waals surface area contributed by atoms with Gasteiger partial charge in [0.1, 0.15) is 5.60 Å². The van der Waals surface area contributed by atoms with E-state index in [1.165, 1.54) is 0 Å². The molecule has 1 fully saturated rings. The molecule has 0 atom stereocenters. The third-order valence-electron chi connectivity index (χ3n) is 4.73. The highest BCUT2D eigenvalue weighted by atomic mass is 16.5. The fourth-order valence-corrected chi connectivity index (χ4v) is 3.36. The SMILES string of the molecule is CCCCNC(=O)N1CCC2(CC1)OCCc1cnc(N)nc12. The van der Waals surface area contributed by atoms with E-state index < -0.39 is 5.60 Å². The quantitative estimate of drug-likeness (QED) is 0.822. The van der Waals surface area contributed by atoms with Crippen molar-refractivity contribution in [3.8, 4) is 0 Å². The van der Waals surface area contributed by atoms with Gasteiger partial charge in [0.25, 0.3) is 0 Å². The lowest BCUT2D eigenvalue weighted by atomic mass is 9.83. The van der Waals surface area contributed by atoms with Crippen LogP contribution >= 0.6 is 0 Å². The molecule has 2 aliphatic rings. The Morgan fingerprint density at radius 1 is 1.48 bits per heavy atom. The molecule has 3 rings (SSSR count). The molecule has 1 saturated heterocycles. The molecule has 7 heteroatoms. The van der Waals surface area contributed by atoms with Crippen LogP contribution < -0.4 is 11.1 Å². The molecular weight excluding hydrogens is 294 g/mol. The van der Waals surface area contributed by atoms with Crippen LogP contribution in [0.2, 0.25) is 0 Å². The van der Waals surface area contributed by atoms with E-state index in [0.717, 1.165) is 49.9 Å². The summed E-state index contributed by atoms with van der Waals surface area (Å²) < 4.78 is 6.11. The van der Waals surface area contributed by atoms with E-state index in [2.05, 4.69) is 22.2 Å². The number of nitrogens with zero attached hydrogens (tertiary/aromatic N) is 3. The van der Waals surface area contributed by atoms with Gasteiger partial charge in [-0.2, -0.15) is 0 Å². The molecule has 2 aliphatic heterocycles. The number of ether oxygens (including phenoxy) is 1. The van der Waals surface area contributed by atoms with E-state index >= 15 is 0 Å². The Labute approximate surface area is 136 Å². The Morgan fingerprint density at radius 3 is 3.00 bits per heavy atom. The van der Waals surface area contributed by atoms with Crippen molar-refractivity contribution in [3.05, 3.63) is 17.5 Å². The van der Waals surface area contributed by atoms with E-state index in [4.69, 9.17) is 10.5 Å². The van der Waals surface area contributed by atoms with E-state index in [-0.39, 0.29) is 12.0 Å². The highest BCUT2D eigenvalue weighted by Crippen LogP contribution is 2.40. The normalized spacial score (nSPS) is 19.4. The summed E-state index contributed by atoms with van der Waals surface area (Å²) in [5, 5.41) is 2.97. The van der Waals surface area contributed by atoms with E-state index in [0.29, 0.717) is 19.7 Å². The van der Waals surface area contributed by atoms with Crippen molar-refractivity contribution in [2.24, 2.45) is 0 Å². The number of likely N-dealkylation sites (tertiary alicyclic amines) is 1. The molecule has 126 valence electrons. The molecule has 7 nitrogen and oxygen atoms in total. The summed E-state index contributed by atoms with van der Waals surface area (Å²) in [5.41, 5.74) is 7.39. The number of hydrogen-bond donors (Lipinski definition) is 2. The molecule has 1 aromatic heterocycles. The number of nitrogen functional groups attached to an aromatic ring is 1. The average Bonchev–Trinajstić information content (AvgIpc) is 2.57. The number of nitrogens with one attached hydrogen (secondary N) is 1. The first-order valence-corrected chi connectivity index (χ1v) is 8.43. The van der Waals surface area contributed by atoms with Crippen molar-refractivity contribution in [2.75, 3.05) is 32.0 Å². The standard InChI is InChI=1S/C16H25N5O2/c1-2-3-7-18-15(22)21-8-5-16(6-9-21)13-12(4-10-23-16)11-19-14(17)20-13/h11H,2-10H2,1H3,(H,18,22)(H2,17,19,20). The molecule has 1 aromatic rings. The summed E-state index contributed by atoms with van der Waals surface area (Å²) in [4.78, 5) is 22.6. The van der Waals surface area contributed by atoms with Gasteiger partial charge in [0.15, 0.2) is 0 Å². The maximum Gasteiger partial charge on any atom is 0.317 e. The van der Waals surface area contributed by atoms with Gasteiger partial charge in [-0.25, -0.2) is 14.8 Å². The first-order chi connectivity index (χ1) is 11.1. The van der Waals surface area contributed by atoms with Crippen LogP contribution in [0.4, 0.5) is 10.7 Å². The second kappa shape index (κ2) is 6.70. The zero-order chi connectivity index (χ0) is 16.3. The molecule has 0 saturated carbocycles. The molecule has 1 spiro atoms. The van der Waals surface area contributed by atoms with Crippen molar-refractivity contribution in [3.63, 3.8) is 0 Å². The van der Waals surface area contributed by atoms with Crippen molar-refractivity contribution in [1.82, 2.24) is 20.2 Å². The smallest absolute Gasteiger partial charge is 0.317 e. The van der Waals surface area contributed by atoms with Gasteiger partial charge in [-0.15, -0.1) is 0 Å². The number of piperidine rings is 1. The highest BCUT2D eigenvalue weighted by Gasteiger charge is 2.43. The first-order valence-electron chi connectivity index (χ1n) is 8.43. The number of rotatable bonds is 3. The lowest BCUT2D eigenvalue weighted by molar-refractivity contribution is -0.0957. The maximum absolute atomic E-state index is 12.2. The average molecular weight is 319 g/mol. The fourth-order valence-electron chi connectivity index (χ4n) is 3.36. The molecule has 3 heterocycles. The van der Waals surface area contributed by atoms with Gasteiger partial charge < -0.3 is 20.7 Å². The summed E-state index contributed by atoms with van der Waals surface area (Å²) in [6.07, 6.45) is 6.21. The fraction of sp³-hybridized carbons (Fsp3) is 0.688. The van der Waals surface area contributed by atoms with Crippen LogP contribution in [0, 0.1) is 0 Å². The number of carbonyl (C=O) groups excluding carboxylic acids is 1. The number of amides is 2. The minimum Gasteiger partial charge on any atom is -0.368 e. The monoisotopic (exact) mass is 319 g/mol. The van der Waals surface area contributed by atoms with Crippen LogP contribution in [-0.4, -0.2) is 47.1 Å². The van der Waals surface area contributed by atoms with Crippen molar-refractivity contribution in [1.29, 1.82) is 0 Å². The molecule has 2 amide bonds. The second-order valence-electron chi connectivity index (χ2n) is 6.27. The minimum absolute atomic E-state index is 0.0199. The Morgan fingerprint density at radius 2 is 2.26 bits per heavy atom. The minimum atomic E-state index is -0.412. The van der Waals surface area contributed by atoms with Gasteiger partial charge in [0, 0.05) is 25.8 Å². The molecular formula is C16H25N5O2. The summed E-state index contributed by atoms with van der Waals surface area (Å²) in [6.45, 7) is 4.86. The molecule has 0 bridgehead atoms. The van der Waals surface area contributed by atoms with Crippen LogP contribution in [0.5, 0.6) is 0 Å². The second-order valence-corrected chi connectivity index (χ2v) is 6.27. The lowest BCUT2D eigenvalue weighted by Crippen LogP contribution is -2.51. The molecule has 0 radical (unpaired) electrons. The third-order valence-corrected chi connectivity index (χ3v) is 4.73. The third kappa shape index (κ3) is 3.24. The molecule has 0 aliphatic carbocycles. The van der Waals surface area contributed by atoms with Gasteiger partial charge >= 0.3 is 6.03 Å². The summed E-state index contributed by atoms with van der Waals surface area (Å²) >= 11 is 0. The lowest BCUT2D eigenvalue weighted by Gasteiger charge is -2.43. The Hall–Kier alpha value is -1.89. The molecule has 3 N–H and O–H groups in total. The van der Waals surface area contributed by atoms with Gasteiger partial charge in [0.05, 0.1) is 12.3 Å². The van der Waals surface area contributed by atoms with Gasteiger partial charge in [-0.3, -0.25) is 0 Å². The molecule has 0 unspecified atom stereocenters. The van der Waals surface area contributed by atoms with Crippen molar-refractivity contribution < 1.29 is 9.53 Å². The van der Waals surface area contributed by atoms with Crippen LogP contribution in [0.3, 0.4) is 0 Å². The maximum atomic E-state index is 12.2. The summed E-state index contributed by atoms with van der Waals surface area (Å²) in [6, 6.07) is 0.0199. The number of nitrogens with two attached hydrogens (primary N) is 1. The van der Waals surface area contributed by atoms with Crippen LogP contribution in [0.1, 0.15) is 43.9 Å². The van der Waals surface area contributed by atoms with Crippen molar-refractivity contribution >= 4 is 12.0 Å². The first kappa shape index (κ1) is 16.0. The summed E-state index contributed by atoms with van der Waals surface area (Å²) in [5.74, 6) is 0.286. The predicted octanol–water partition coefficient (Wildman–Crippen LogP) is 1.43. The zero-order valence-electron chi connectivity index (χ0n) is 13.7. The molecule has 23 heavy (non-hydrogen) atoms. The largest absolute Gasteiger partial charge is 0.368 e.